The van der Waals surface area contributed by atoms with Crippen LogP contribution in [-0.2, 0) is 24.2 Å². The lowest BCUT2D eigenvalue weighted by molar-refractivity contribution is -0.00950. The number of halogens is 3. The van der Waals surface area contributed by atoms with Crippen molar-refractivity contribution in [2.45, 2.75) is 71.5 Å². The summed E-state index contributed by atoms with van der Waals surface area (Å²) in [6.07, 6.45) is -3.12. The Kier molecular flexibility index (Phi) is 8.26. The van der Waals surface area contributed by atoms with Crippen molar-refractivity contribution in [3.8, 4) is 11.5 Å². The van der Waals surface area contributed by atoms with E-state index in [1.165, 1.54) is 0 Å². The van der Waals surface area contributed by atoms with E-state index in [1.54, 1.807) is 27.2 Å². The van der Waals surface area contributed by atoms with Crippen LogP contribution in [0.1, 0.15) is 49.9 Å². The molecular formula is C31H37BF3NO3. The lowest BCUT2D eigenvalue weighted by Crippen LogP contribution is -2.67. The molecule has 0 radical (unpaired) electrons. The van der Waals surface area contributed by atoms with Crippen LogP contribution >= 0.6 is 0 Å². The summed E-state index contributed by atoms with van der Waals surface area (Å²) in [5.41, 5.74) is 3.03. The van der Waals surface area contributed by atoms with Crippen LogP contribution < -0.4 is 19.8 Å². The molecule has 0 unspecified atom stereocenters. The molecular weight excluding hydrogens is 502 g/mol. The van der Waals surface area contributed by atoms with Gasteiger partial charge >= 0.3 is 6.92 Å². The fourth-order valence-electron chi connectivity index (χ4n) is 5.16. The fourth-order valence-corrected chi connectivity index (χ4v) is 5.16. The Morgan fingerprint density at radius 2 is 1.36 bits per heavy atom. The van der Waals surface area contributed by atoms with Crippen LogP contribution in [-0.4, -0.2) is 33.2 Å². The Morgan fingerprint density at radius 1 is 0.872 bits per heavy atom. The molecule has 0 bridgehead atoms. The molecule has 1 aliphatic rings. The van der Waals surface area contributed by atoms with Gasteiger partial charge in [-0.25, -0.2) is 13.2 Å². The van der Waals surface area contributed by atoms with E-state index < -0.39 is 31.2 Å². The first kappa shape index (κ1) is 28.9. The number of hydrogen-bond donors (Lipinski definition) is 0. The highest BCUT2D eigenvalue weighted by Crippen LogP contribution is 2.53. The minimum atomic E-state index is -2.60. The highest BCUT2D eigenvalue weighted by Gasteiger charge is 2.60. The molecule has 4 rings (SSSR count). The van der Waals surface area contributed by atoms with Gasteiger partial charge in [0, 0.05) is 30.4 Å². The predicted molar refractivity (Wildman–Crippen MR) is 151 cm³/mol. The van der Waals surface area contributed by atoms with Crippen LogP contribution in [0.25, 0.3) is 0 Å². The normalized spacial score (nSPS) is 15.7. The van der Waals surface area contributed by atoms with E-state index in [4.69, 9.17) is 14.1 Å². The third-order valence-corrected chi connectivity index (χ3v) is 8.31. The van der Waals surface area contributed by atoms with Gasteiger partial charge in [-0.05, 0) is 78.8 Å². The van der Waals surface area contributed by atoms with E-state index in [1.807, 2.05) is 67.3 Å². The van der Waals surface area contributed by atoms with Gasteiger partial charge in [0.1, 0.15) is 17.3 Å². The van der Waals surface area contributed by atoms with Crippen molar-refractivity contribution in [3.05, 3.63) is 82.7 Å². The van der Waals surface area contributed by atoms with Gasteiger partial charge in [0.25, 0.3) is 0 Å². The Hall–Kier alpha value is -3.13. The zero-order valence-corrected chi connectivity index (χ0v) is 23.8. The number of alkyl halides is 2. The molecule has 0 amide bonds. The van der Waals surface area contributed by atoms with Crippen LogP contribution in [0.2, 0.25) is 5.31 Å². The number of methoxy groups -OCH3 is 2. The van der Waals surface area contributed by atoms with E-state index in [0.717, 1.165) is 22.6 Å². The van der Waals surface area contributed by atoms with E-state index in [-0.39, 0.29) is 10.9 Å². The van der Waals surface area contributed by atoms with Crippen molar-refractivity contribution in [1.82, 2.24) is 0 Å². The van der Waals surface area contributed by atoms with Gasteiger partial charge in [-0.15, -0.1) is 0 Å². The fraction of sp³-hybridized carbons (Fsp3) is 0.419. The maximum absolute atomic E-state index is 16.1. The third-order valence-electron chi connectivity index (χ3n) is 8.31. The van der Waals surface area contributed by atoms with Crippen molar-refractivity contribution >= 4 is 18.1 Å². The number of ether oxygens (including phenoxy) is 2. The van der Waals surface area contributed by atoms with E-state index in [9.17, 15) is 8.78 Å². The second-order valence-electron chi connectivity index (χ2n) is 11.3. The van der Waals surface area contributed by atoms with Gasteiger partial charge in [-0.3, -0.25) is 0 Å². The topological polar surface area (TPSA) is 30.9 Å². The van der Waals surface area contributed by atoms with Crippen molar-refractivity contribution in [3.63, 3.8) is 0 Å². The maximum Gasteiger partial charge on any atom is 0.336 e. The molecule has 0 N–H and O–H groups in total. The largest absolute Gasteiger partial charge is 0.497 e. The summed E-state index contributed by atoms with van der Waals surface area (Å²) < 4.78 is 60.4. The zero-order chi connectivity index (χ0) is 28.5. The van der Waals surface area contributed by atoms with E-state index in [0.29, 0.717) is 29.8 Å². The SMILES string of the molecule is COc1ccc(CN(Cc2ccc(OC)cc2)c2cc(B3OC(C)(C)C3(C)C)c(CC(F)F)c(C)c2F)cc1. The van der Waals surface area contributed by atoms with E-state index in [2.05, 4.69) is 13.8 Å². The minimum Gasteiger partial charge on any atom is -0.497 e. The number of nitrogens with zero attached hydrogens (tertiary/aromatic N) is 1. The van der Waals surface area contributed by atoms with Gasteiger partial charge in [-0.2, -0.15) is 0 Å². The lowest BCUT2D eigenvalue weighted by atomic mass is 9.32. The number of benzene rings is 3. The molecule has 0 aromatic heterocycles. The smallest absolute Gasteiger partial charge is 0.336 e. The van der Waals surface area contributed by atoms with Crippen molar-refractivity contribution in [2.24, 2.45) is 0 Å². The molecule has 0 atom stereocenters. The van der Waals surface area contributed by atoms with Crippen molar-refractivity contribution < 1.29 is 27.3 Å². The van der Waals surface area contributed by atoms with Crippen molar-refractivity contribution in [2.75, 3.05) is 19.1 Å². The summed E-state index contributed by atoms with van der Waals surface area (Å²) in [6, 6.07) is 17.0. The molecule has 3 aromatic carbocycles. The molecule has 8 heteroatoms. The van der Waals surface area contributed by atoms with Gasteiger partial charge in [0.15, 0.2) is 0 Å². The first-order valence-corrected chi connectivity index (χ1v) is 13.2. The number of hydrogen-bond acceptors (Lipinski definition) is 4. The molecule has 3 aromatic rings. The van der Waals surface area contributed by atoms with Gasteiger partial charge in [0.05, 0.1) is 19.9 Å². The molecule has 39 heavy (non-hydrogen) atoms. The van der Waals surface area contributed by atoms with E-state index >= 15 is 4.39 Å². The molecule has 1 heterocycles. The minimum absolute atomic E-state index is 0.237. The van der Waals surface area contributed by atoms with Gasteiger partial charge in [0.2, 0.25) is 6.43 Å². The van der Waals surface area contributed by atoms with Crippen LogP contribution in [0.3, 0.4) is 0 Å². The monoisotopic (exact) mass is 539 g/mol. The van der Waals surface area contributed by atoms with Crippen LogP contribution in [0, 0.1) is 12.7 Å². The second kappa shape index (κ2) is 11.2. The molecule has 0 saturated carbocycles. The highest BCUT2D eigenvalue weighted by molar-refractivity contribution is 6.73. The molecule has 208 valence electrons. The molecule has 0 aliphatic carbocycles. The lowest BCUT2D eigenvalue weighted by Gasteiger charge is -2.57. The third kappa shape index (κ3) is 5.76. The average Bonchev–Trinajstić information content (AvgIpc) is 2.90. The quantitative estimate of drug-likeness (QED) is 0.261. The molecule has 1 saturated heterocycles. The van der Waals surface area contributed by atoms with Gasteiger partial charge in [-0.1, -0.05) is 38.1 Å². The van der Waals surface area contributed by atoms with Gasteiger partial charge < -0.3 is 19.0 Å². The van der Waals surface area contributed by atoms with Crippen LogP contribution in [0.15, 0.2) is 54.6 Å². The standard InChI is InChI=1S/C31H37BF3NO3/c1-20-25(16-28(33)34)26(32-30(2,3)31(4,5)39-32)17-27(29(20)35)36(18-21-8-12-23(37-6)13-9-21)19-22-10-14-24(38-7)15-11-22/h8-15,17,28H,16,18-19H2,1-7H3. The first-order valence-electron chi connectivity index (χ1n) is 13.2. The number of rotatable bonds is 10. The Bertz CT molecular complexity index is 1240. The Labute approximate surface area is 230 Å². The second-order valence-corrected chi connectivity index (χ2v) is 11.3. The Balaban J connectivity index is 1.82. The summed E-state index contributed by atoms with van der Waals surface area (Å²) in [5.74, 6) is 0.967. The summed E-state index contributed by atoms with van der Waals surface area (Å²) >= 11 is 0. The highest BCUT2D eigenvalue weighted by atomic mass is 19.3. The zero-order valence-electron chi connectivity index (χ0n) is 23.8. The maximum atomic E-state index is 16.1. The summed E-state index contributed by atoms with van der Waals surface area (Å²) in [5, 5.41) is -0.331. The molecule has 0 spiro atoms. The molecule has 4 nitrogen and oxygen atoms in total. The molecule has 1 aliphatic heterocycles. The molecule has 1 fully saturated rings. The first-order chi connectivity index (χ1) is 18.4. The summed E-state index contributed by atoms with van der Waals surface area (Å²) in [7, 11) is 3.22. The number of anilines is 1. The Morgan fingerprint density at radius 3 is 1.74 bits per heavy atom. The summed E-state index contributed by atoms with van der Waals surface area (Å²) in [4.78, 5) is 1.94. The predicted octanol–water partition coefficient (Wildman–Crippen LogP) is 6.95. The van der Waals surface area contributed by atoms with Crippen LogP contribution in [0.4, 0.5) is 18.9 Å². The van der Waals surface area contributed by atoms with Crippen LogP contribution in [0.5, 0.6) is 11.5 Å². The summed E-state index contributed by atoms with van der Waals surface area (Å²) in [6.45, 7) is 10.1. The van der Waals surface area contributed by atoms with Crippen molar-refractivity contribution in [1.29, 1.82) is 0 Å². The average molecular weight is 539 g/mol.